The molecule has 0 aromatic heterocycles. The van der Waals surface area contributed by atoms with Crippen molar-refractivity contribution in [2.24, 2.45) is 0 Å². The molecule has 0 aromatic rings. The zero-order valence-electron chi connectivity index (χ0n) is 22.9. The summed E-state index contributed by atoms with van der Waals surface area (Å²) in [5.41, 5.74) is 0.879. The molecule has 0 aromatic carbocycles. The molecule has 2 N–H and O–H groups in total. The Morgan fingerprint density at radius 1 is 1.11 bits per heavy atom. The van der Waals surface area contributed by atoms with E-state index in [1.165, 1.54) is 6.08 Å². The van der Waals surface area contributed by atoms with E-state index in [0.717, 1.165) is 12.0 Å². The molecule has 0 aliphatic carbocycles. The van der Waals surface area contributed by atoms with E-state index in [1.54, 1.807) is 19.1 Å². The number of aliphatic hydroxyl groups is 1. The van der Waals surface area contributed by atoms with E-state index in [4.69, 9.17) is 20.9 Å². The van der Waals surface area contributed by atoms with E-state index in [9.17, 15) is 9.59 Å². The first-order valence-corrected chi connectivity index (χ1v) is 11.6. The summed E-state index contributed by atoms with van der Waals surface area (Å²) in [5, 5.41) is 36.2. The number of likely N-dealkylation sites (N-methyl/N-ethyl adjacent to an activating group) is 1. The molecule has 0 saturated heterocycles. The number of amides is 1. The number of nitriles is 3. The highest BCUT2D eigenvalue weighted by Crippen LogP contribution is 2.05. The van der Waals surface area contributed by atoms with Crippen LogP contribution in [0.5, 0.6) is 0 Å². The van der Waals surface area contributed by atoms with E-state index < -0.39 is 5.91 Å². The fraction of sp³-hybridized carbons (Fsp3) is 0.464. The Hall–Kier alpha value is -4.11. The third kappa shape index (κ3) is 37.2. The zero-order valence-corrected chi connectivity index (χ0v) is 22.9. The van der Waals surface area contributed by atoms with Crippen molar-refractivity contribution < 1.29 is 14.7 Å². The molecular weight excluding hydrogens is 454 g/mol. The van der Waals surface area contributed by atoms with E-state index in [0.29, 0.717) is 25.8 Å². The second-order valence-corrected chi connectivity index (χ2v) is 5.85. The summed E-state index contributed by atoms with van der Waals surface area (Å²) >= 11 is 0. The highest BCUT2D eigenvalue weighted by molar-refractivity contribution is 5.97. The quantitative estimate of drug-likeness (QED) is 0.148. The van der Waals surface area contributed by atoms with Gasteiger partial charge >= 0.3 is 0 Å². The van der Waals surface area contributed by atoms with Crippen LogP contribution in [0.4, 0.5) is 0 Å². The predicted octanol–water partition coefficient (Wildman–Crippen LogP) is 4.59. The summed E-state index contributed by atoms with van der Waals surface area (Å²) in [6.45, 7) is 11.7. The van der Waals surface area contributed by atoms with Gasteiger partial charge in [0, 0.05) is 38.7 Å². The number of carbonyl (C=O) groups excluding carboxylic acids is 2. The predicted molar refractivity (Wildman–Crippen MR) is 147 cm³/mol. The monoisotopic (exact) mass is 497 g/mol. The fourth-order valence-electron chi connectivity index (χ4n) is 1.56. The lowest BCUT2D eigenvalue weighted by molar-refractivity contribution is -0.117. The van der Waals surface area contributed by atoms with Crippen LogP contribution in [0.3, 0.4) is 0 Å². The van der Waals surface area contributed by atoms with Crippen LogP contribution < -0.4 is 5.32 Å². The summed E-state index contributed by atoms with van der Waals surface area (Å²) in [5.74, 6) is 1.73. The average molecular weight is 498 g/mol. The molecule has 0 spiro atoms. The molecule has 0 saturated carbocycles. The van der Waals surface area contributed by atoms with Crippen LogP contribution >= 0.6 is 0 Å². The minimum Gasteiger partial charge on any atom is -0.395 e. The van der Waals surface area contributed by atoms with Crippen LogP contribution in [0.25, 0.3) is 0 Å². The lowest BCUT2D eigenvalue weighted by Gasteiger charge is -2.18. The van der Waals surface area contributed by atoms with Crippen molar-refractivity contribution in [3.63, 3.8) is 0 Å². The van der Waals surface area contributed by atoms with Gasteiger partial charge in [-0.25, -0.2) is 0 Å². The van der Waals surface area contributed by atoms with Crippen molar-refractivity contribution in [3.05, 3.63) is 47.7 Å². The average Bonchev–Trinajstić information content (AvgIpc) is 2.91. The van der Waals surface area contributed by atoms with Gasteiger partial charge in [-0.1, -0.05) is 45.9 Å². The smallest absolute Gasteiger partial charge is 0.262 e. The van der Waals surface area contributed by atoms with Gasteiger partial charge in [0.2, 0.25) is 0 Å². The largest absolute Gasteiger partial charge is 0.395 e. The van der Waals surface area contributed by atoms with Crippen molar-refractivity contribution in [1.29, 1.82) is 15.8 Å². The van der Waals surface area contributed by atoms with E-state index in [2.05, 4.69) is 23.7 Å². The molecule has 0 fully saturated rings. The molecular formula is C28H43N5O3. The highest BCUT2D eigenvalue weighted by Gasteiger charge is 2.05. The summed E-state index contributed by atoms with van der Waals surface area (Å²) < 4.78 is 0. The minimum absolute atomic E-state index is 0.0338. The van der Waals surface area contributed by atoms with Gasteiger partial charge in [0.15, 0.2) is 0 Å². The first kappa shape index (κ1) is 42.1. The molecule has 1 amide bonds. The molecule has 0 unspecified atom stereocenters. The Bertz CT molecular complexity index is 814. The van der Waals surface area contributed by atoms with Gasteiger partial charge in [0.1, 0.15) is 17.9 Å². The molecule has 0 bridgehead atoms. The van der Waals surface area contributed by atoms with Gasteiger partial charge < -0.3 is 20.1 Å². The van der Waals surface area contributed by atoms with Gasteiger partial charge in [-0.3, -0.25) is 4.79 Å². The third-order valence-electron chi connectivity index (χ3n) is 3.07. The van der Waals surface area contributed by atoms with Crippen molar-refractivity contribution in [1.82, 2.24) is 10.2 Å². The van der Waals surface area contributed by atoms with Crippen molar-refractivity contribution >= 4 is 12.2 Å². The standard InChI is InChI=1S/C17H22N4O2.C3H5N.C3H6O.C3H4.C2H6/c1-3-7-16(21(2)12-6-10-18)9-5-4-8-15(14-19)17(23)20-11-13-22;2*1-2-3-4;1-3-2;1-2/h3-5,7-9,22H,6,11-13H2,1-2H3,(H,20,23);2H2,1H3;3H,2H2,1H3;1H,2H3;1-2H3/b5-4+,7-3-,15-8+,16-9+;;;;. The Morgan fingerprint density at radius 2 is 1.61 bits per heavy atom. The molecule has 0 atom stereocenters. The number of terminal acetylenes is 1. The number of hydrogen-bond donors (Lipinski definition) is 2. The van der Waals surface area contributed by atoms with E-state index in [-0.39, 0.29) is 18.7 Å². The highest BCUT2D eigenvalue weighted by atomic mass is 16.3. The van der Waals surface area contributed by atoms with Gasteiger partial charge in [0.05, 0.1) is 25.2 Å². The molecule has 0 aliphatic rings. The number of nitrogens with one attached hydrogen (secondary N) is 1. The maximum absolute atomic E-state index is 11.6. The molecule has 0 rings (SSSR count). The third-order valence-corrected chi connectivity index (χ3v) is 3.07. The van der Waals surface area contributed by atoms with Crippen molar-refractivity contribution in [2.75, 3.05) is 26.7 Å². The minimum atomic E-state index is -0.519. The second kappa shape index (κ2) is 41.2. The van der Waals surface area contributed by atoms with Gasteiger partial charge in [-0.05, 0) is 32.1 Å². The van der Waals surface area contributed by atoms with Crippen LogP contribution in [0.15, 0.2) is 47.7 Å². The van der Waals surface area contributed by atoms with Gasteiger partial charge in [-0.15, -0.1) is 12.3 Å². The lowest BCUT2D eigenvalue weighted by atomic mass is 10.2. The number of allylic oxidation sites excluding steroid dienone is 6. The number of rotatable bonds is 10. The first-order chi connectivity index (χ1) is 17.3. The molecule has 0 aliphatic heterocycles. The number of aliphatic hydroxyl groups excluding tert-OH is 1. The van der Waals surface area contributed by atoms with E-state index in [1.807, 2.05) is 76.9 Å². The van der Waals surface area contributed by atoms with Crippen LogP contribution in [0.1, 0.15) is 60.8 Å². The number of aldehydes is 1. The molecule has 8 nitrogen and oxygen atoms in total. The van der Waals surface area contributed by atoms with Crippen LogP contribution in [0.2, 0.25) is 0 Å². The Labute approximate surface area is 218 Å². The van der Waals surface area contributed by atoms with Crippen LogP contribution in [0, 0.1) is 46.3 Å². The van der Waals surface area contributed by atoms with Gasteiger partial charge in [-0.2, -0.15) is 15.8 Å². The molecule has 0 heterocycles. The number of carbonyl (C=O) groups is 2. The van der Waals surface area contributed by atoms with Crippen molar-refractivity contribution in [3.8, 4) is 30.6 Å². The molecule has 8 heteroatoms. The topological polar surface area (TPSA) is 141 Å². The van der Waals surface area contributed by atoms with Crippen LogP contribution in [-0.4, -0.2) is 48.9 Å². The summed E-state index contributed by atoms with van der Waals surface area (Å²) in [6.07, 6.45) is 17.5. The molecule has 198 valence electrons. The number of nitrogens with zero attached hydrogens (tertiary/aromatic N) is 4. The maximum atomic E-state index is 11.6. The maximum Gasteiger partial charge on any atom is 0.262 e. The van der Waals surface area contributed by atoms with Crippen LogP contribution in [-0.2, 0) is 9.59 Å². The first-order valence-electron chi connectivity index (χ1n) is 11.6. The number of hydrogen-bond acceptors (Lipinski definition) is 7. The molecule has 36 heavy (non-hydrogen) atoms. The normalized spacial score (nSPS) is 9.44. The lowest BCUT2D eigenvalue weighted by Crippen LogP contribution is -2.27. The SMILES string of the molecule is C#CC.CC.CCC#N.CCC=O.C\C=C/C(=C\C=C\C=C(/C#N)C(=O)NCCO)N(C)CCC#N. The van der Waals surface area contributed by atoms with E-state index >= 15 is 0 Å². The summed E-state index contributed by atoms with van der Waals surface area (Å²) in [4.78, 5) is 22.7. The molecule has 0 radical (unpaired) electrons. The second-order valence-electron chi connectivity index (χ2n) is 5.85. The Morgan fingerprint density at radius 3 is 1.97 bits per heavy atom. The Balaban J connectivity index is -0.000000204. The summed E-state index contributed by atoms with van der Waals surface area (Å²) in [7, 11) is 1.88. The zero-order chi connectivity index (χ0) is 29.0. The summed E-state index contributed by atoms with van der Waals surface area (Å²) in [6, 6.07) is 5.84. The van der Waals surface area contributed by atoms with Gasteiger partial charge in [0.25, 0.3) is 5.91 Å². The van der Waals surface area contributed by atoms with Crippen molar-refractivity contribution in [2.45, 2.75) is 60.8 Å². The Kier molecular flexibility index (Phi) is 48.1. The fourth-order valence-corrected chi connectivity index (χ4v) is 1.56.